The number of likely N-dealkylation sites (N-methyl/N-ethyl adjacent to an activating group) is 1. The number of carbonyl (C=O) groups is 2. The summed E-state index contributed by atoms with van der Waals surface area (Å²) in [7, 11) is 4.19. The number of hydrogen-bond acceptors (Lipinski definition) is 4. The molecule has 0 aliphatic heterocycles. The highest BCUT2D eigenvalue weighted by Gasteiger charge is 2.34. The Hall–Kier alpha value is -0.920. The van der Waals surface area contributed by atoms with E-state index in [1.54, 1.807) is 13.0 Å². The average molecular weight is 430 g/mol. The van der Waals surface area contributed by atoms with Gasteiger partial charge in [0.05, 0.1) is 8.66 Å². The molecule has 0 saturated heterocycles. The molecule has 7 heteroatoms. The number of thiophene rings is 1. The Bertz CT molecular complexity index is 595. The van der Waals surface area contributed by atoms with Gasteiger partial charge in [-0.2, -0.15) is 0 Å². The molecule has 1 saturated carbocycles. The van der Waals surface area contributed by atoms with Crippen LogP contribution in [-0.2, 0) is 4.79 Å². The zero-order valence-corrected chi connectivity index (χ0v) is 17.6. The Kier molecular flexibility index (Phi) is 7.46. The van der Waals surface area contributed by atoms with Crippen LogP contribution in [0.1, 0.15) is 55.1 Å². The summed E-state index contributed by atoms with van der Waals surface area (Å²) in [4.78, 5) is 27.5. The molecule has 2 rings (SSSR count). The van der Waals surface area contributed by atoms with Crippen molar-refractivity contribution in [2.45, 2.75) is 57.0 Å². The lowest BCUT2D eigenvalue weighted by molar-refractivity contribution is -0.123. The van der Waals surface area contributed by atoms with E-state index in [9.17, 15) is 9.59 Å². The minimum absolute atomic E-state index is 0.0223. The van der Waals surface area contributed by atoms with Gasteiger partial charge in [-0.05, 0) is 61.9 Å². The highest BCUT2D eigenvalue weighted by atomic mass is 79.9. The molecular formula is C18H28BrN3O2S. The minimum Gasteiger partial charge on any atom is -0.352 e. The number of halogens is 1. The highest BCUT2D eigenvalue weighted by molar-refractivity contribution is 9.11. The SMILES string of the molecule is C[C@H](NC(=O)c1ccc(Br)s1)C(=O)NCC1(N(C)C)CCCCCC1. The second-order valence-electron chi connectivity index (χ2n) is 7.05. The van der Waals surface area contributed by atoms with Gasteiger partial charge in [-0.1, -0.05) is 25.7 Å². The van der Waals surface area contributed by atoms with E-state index in [0.29, 0.717) is 11.4 Å². The molecule has 2 amide bonds. The van der Waals surface area contributed by atoms with E-state index in [4.69, 9.17) is 0 Å². The average Bonchev–Trinajstić information content (AvgIpc) is 2.86. The van der Waals surface area contributed by atoms with Crippen molar-refractivity contribution >= 4 is 39.1 Å². The molecule has 5 nitrogen and oxygen atoms in total. The smallest absolute Gasteiger partial charge is 0.262 e. The maximum absolute atomic E-state index is 12.5. The molecule has 1 aliphatic carbocycles. The molecule has 1 aliphatic rings. The largest absolute Gasteiger partial charge is 0.352 e. The van der Waals surface area contributed by atoms with Crippen molar-refractivity contribution in [3.8, 4) is 0 Å². The zero-order valence-electron chi connectivity index (χ0n) is 15.2. The zero-order chi connectivity index (χ0) is 18.4. The van der Waals surface area contributed by atoms with Gasteiger partial charge in [-0.25, -0.2) is 0 Å². The molecule has 0 unspecified atom stereocenters. The van der Waals surface area contributed by atoms with Crippen LogP contribution in [0.4, 0.5) is 0 Å². The van der Waals surface area contributed by atoms with Crippen molar-refractivity contribution in [2.75, 3.05) is 20.6 Å². The molecule has 1 heterocycles. The predicted octanol–water partition coefficient (Wildman–Crippen LogP) is 3.40. The van der Waals surface area contributed by atoms with Crippen LogP contribution >= 0.6 is 27.3 Å². The van der Waals surface area contributed by atoms with Crippen molar-refractivity contribution in [3.05, 3.63) is 20.8 Å². The van der Waals surface area contributed by atoms with Crippen molar-refractivity contribution in [2.24, 2.45) is 0 Å². The lowest BCUT2D eigenvalue weighted by Crippen LogP contribution is -2.55. The van der Waals surface area contributed by atoms with Crippen molar-refractivity contribution in [3.63, 3.8) is 0 Å². The summed E-state index contributed by atoms with van der Waals surface area (Å²) in [6.07, 6.45) is 7.15. The Balaban J connectivity index is 1.90. The molecule has 0 aromatic carbocycles. The van der Waals surface area contributed by atoms with Gasteiger partial charge in [0.1, 0.15) is 6.04 Å². The number of amides is 2. The molecule has 2 N–H and O–H groups in total. The Morgan fingerprint density at radius 2 is 1.88 bits per heavy atom. The van der Waals surface area contributed by atoms with Gasteiger partial charge in [-0.15, -0.1) is 11.3 Å². The van der Waals surface area contributed by atoms with Gasteiger partial charge in [0.15, 0.2) is 0 Å². The normalized spacial score (nSPS) is 18.4. The monoisotopic (exact) mass is 429 g/mol. The molecule has 140 valence electrons. The van der Waals surface area contributed by atoms with Crippen LogP contribution in [0.25, 0.3) is 0 Å². The number of hydrogen-bond donors (Lipinski definition) is 2. The molecule has 1 atom stereocenters. The molecule has 0 radical (unpaired) electrons. The van der Waals surface area contributed by atoms with Crippen molar-refractivity contribution in [1.82, 2.24) is 15.5 Å². The third kappa shape index (κ3) is 5.53. The van der Waals surface area contributed by atoms with Crippen LogP contribution in [0.3, 0.4) is 0 Å². The third-order valence-corrected chi connectivity index (χ3v) is 6.73. The fraction of sp³-hybridized carbons (Fsp3) is 0.667. The topological polar surface area (TPSA) is 61.4 Å². The summed E-state index contributed by atoms with van der Waals surface area (Å²) in [5, 5.41) is 5.84. The first kappa shape index (κ1) is 20.4. The number of nitrogens with one attached hydrogen (secondary N) is 2. The molecular weight excluding hydrogens is 402 g/mol. The van der Waals surface area contributed by atoms with Crippen LogP contribution < -0.4 is 10.6 Å². The standard InChI is InChI=1S/C18H28BrN3O2S/c1-13(21-17(24)14-8-9-15(19)25-14)16(23)20-12-18(22(2)3)10-6-4-5-7-11-18/h8-9,13H,4-7,10-12H2,1-3H3,(H,20,23)(H,21,24)/t13-/m0/s1. The van der Waals surface area contributed by atoms with Gasteiger partial charge in [0.2, 0.25) is 5.91 Å². The Morgan fingerprint density at radius 1 is 1.24 bits per heavy atom. The maximum Gasteiger partial charge on any atom is 0.262 e. The van der Waals surface area contributed by atoms with E-state index < -0.39 is 6.04 Å². The first-order valence-electron chi connectivity index (χ1n) is 8.85. The minimum atomic E-state index is -0.557. The Labute approximate surface area is 162 Å². The third-order valence-electron chi connectivity index (χ3n) is 5.11. The van der Waals surface area contributed by atoms with Gasteiger partial charge >= 0.3 is 0 Å². The van der Waals surface area contributed by atoms with E-state index in [0.717, 1.165) is 16.6 Å². The lowest BCUT2D eigenvalue weighted by atomic mass is 9.88. The molecule has 0 spiro atoms. The van der Waals surface area contributed by atoms with Crippen LogP contribution in [0.2, 0.25) is 0 Å². The fourth-order valence-electron chi connectivity index (χ4n) is 3.34. The van der Waals surface area contributed by atoms with Gasteiger partial charge in [0, 0.05) is 12.1 Å². The van der Waals surface area contributed by atoms with Crippen molar-refractivity contribution in [1.29, 1.82) is 0 Å². The summed E-state index contributed by atoms with van der Waals surface area (Å²) in [5.41, 5.74) is 0.0223. The first-order valence-corrected chi connectivity index (χ1v) is 10.5. The van der Waals surface area contributed by atoms with E-state index in [-0.39, 0.29) is 17.4 Å². The second-order valence-corrected chi connectivity index (χ2v) is 9.51. The molecule has 1 aromatic heterocycles. The van der Waals surface area contributed by atoms with E-state index in [1.807, 2.05) is 6.07 Å². The molecule has 1 aromatic rings. The Morgan fingerprint density at radius 3 is 2.40 bits per heavy atom. The summed E-state index contributed by atoms with van der Waals surface area (Å²) in [6, 6.07) is 3.02. The second kappa shape index (κ2) is 9.14. The predicted molar refractivity (Wildman–Crippen MR) is 106 cm³/mol. The van der Waals surface area contributed by atoms with Crippen molar-refractivity contribution < 1.29 is 9.59 Å². The van der Waals surface area contributed by atoms with Crippen LogP contribution in [0.15, 0.2) is 15.9 Å². The van der Waals surface area contributed by atoms with Gasteiger partial charge < -0.3 is 15.5 Å². The van der Waals surface area contributed by atoms with Gasteiger partial charge in [-0.3, -0.25) is 9.59 Å². The van der Waals surface area contributed by atoms with Crippen LogP contribution in [0, 0.1) is 0 Å². The number of rotatable bonds is 6. The summed E-state index contributed by atoms with van der Waals surface area (Å²) in [5.74, 6) is -0.343. The highest BCUT2D eigenvalue weighted by Crippen LogP contribution is 2.30. The summed E-state index contributed by atoms with van der Waals surface area (Å²) < 4.78 is 0.899. The summed E-state index contributed by atoms with van der Waals surface area (Å²) >= 11 is 4.70. The quantitative estimate of drug-likeness (QED) is 0.681. The fourth-order valence-corrected chi connectivity index (χ4v) is 4.63. The van der Waals surface area contributed by atoms with Crippen LogP contribution in [0.5, 0.6) is 0 Å². The van der Waals surface area contributed by atoms with Crippen LogP contribution in [-0.4, -0.2) is 48.9 Å². The molecule has 0 bridgehead atoms. The molecule has 25 heavy (non-hydrogen) atoms. The summed E-state index contributed by atoms with van der Waals surface area (Å²) in [6.45, 7) is 2.36. The maximum atomic E-state index is 12.5. The first-order chi connectivity index (χ1) is 11.8. The number of carbonyl (C=O) groups excluding carboxylic acids is 2. The lowest BCUT2D eigenvalue weighted by Gasteiger charge is -2.40. The van der Waals surface area contributed by atoms with E-state index >= 15 is 0 Å². The van der Waals surface area contributed by atoms with Gasteiger partial charge in [0.25, 0.3) is 5.91 Å². The molecule has 1 fully saturated rings. The number of nitrogens with zero attached hydrogens (tertiary/aromatic N) is 1. The van der Waals surface area contributed by atoms with E-state index in [1.165, 1.54) is 37.0 Å². The van der Waals surface area contributed by atoms with E-state index in [2.05, 4.69) is 45.6 Å².